The number of amides is 2. The van der Waals surface area contributed by atoms with Crippen LogP contribution in [0.1, 0.15) is 50.2 Å². The minimum Gasteiger partial charge on any atom is -0.481 e. The highest BCUT2D eigenvalue weighted by Crippen LogP contribution is 2.44. The number of likely N-dealkylation sites (tertiary alicyclic amines) is 1. The molecular formula is C26H30N2O5. The molecule has 2 N–H and O–H groups in total. The van der Waals surface area contributed by atoms with Crippen molar-refractivity contribution in [1.82, 2.24) is 10.2 Å². The number of hydrogen-bond acceptors (Lipinski definition) is 4. The van der Waals surface area contributed by atoms with E-state index < -0.39 is 17.6 Å². The van der Waals surface area contributed by atoms with Crippen LogP contribution in [0.5, 0.6) is 0 Å². The standard InChI is InChI=1S/C26H30N2O5/c1-3-26(4-2,24(31)28-14-17(15-28)13-23(29)30)27-25(32)33-16-22-20-11-7-5-9-18(20)19-10-6-8-12-21(19)22/h5-12,17,22H,3-4,13-16H2,1-2H3,(H,27,32)(H,29,30). The van der Waals surface area contributed by atoms with E-state index in [4.69, 9.17) is 9.84 Å². The molecule has 0 aromatic heterocycles. The number of carboxylic acid groups (broad SMARTS) is 1. The van der Waals surface area contributed by atoms with E-state index in [9.17, 15) is 14.4 Å². The van der Waals surface area contributed by atoms with Crippen LogP contribution in [0.3, 0.4) is 0 Å². The number of ether oxygens (including phenoxy) is 1. The van der Waals surface area contributed by atoms with Crippen molar-refractivity contribution in [3.8, 4) is 11.1 Å². The van der Waals surface area contributed by atoms with Crippen molar-refractivity contribution in [3.63, 3.8) is 0 Å². The Morgan fingerprint density at radius 2 is 1.55 bits per heavy atom. The first-order valence-electron chi connectivity index (χ1n) is 11.5. The molecule has 0 unspecified atom stereocenters. The Balaban J connectivity index is 1.41. The maximum Gasteiger partial charge on any atom is 0.408 e. The number of nitrogens with one attached hydrogen (secondary N) is 1. The molecule has 7 heteroatoms. The first-order valence-corrected chi connectivity index (χ1v) is 11.5. The van der Waals surface area contributed by atoms with E-state index >= 15 is 0 Å². The zero-order valence-electron chi connectivity index (χ0n) is 19.0. The molecule has 0 bridgehead atoms. The number of nitrogens with zero attached hydrogens (tertiary/aromatic N) is 1. The molecule has 0 radical (unpaired) electrons. The molecular weight excluding hydrogens is 420 g/mol. The third-order valence-electron chi connectivity index (χ3n) is 7.01. The summed E-state index contributed by atoms with van der Waals surface area (Å²) >= 11 is 0. The van der Waals surface area contributed by atoms with Crippen LogP contribution in [0.15, 0.2) is 48.5 Å². The second kappa shape index (κ2) is 9.25. The molecule has 33 heavy (non-hydrogen) atoms. The highest BCUT2D eigenvalue weighted by molar-refractivity contribution is 5.90. The fraction of sp³-hybridized carbons (Fsp3) is 0.423. The van der Waals surface area contributed by atoms with Gasteiger partial charge in [0.05, 0.1) is 6.42 Å². The van der Waals surface area contributed by atoms with E-state index in [1.54, 1.807) is 4.90 Å². The predicted molar refractivity (Wildman–Crippen MR) is 124 cm³/mol. The first kappa shape index (κ1) is 22.8. The number of carbonyl (C=O) groups excluding carboxylic acids is 2. The molecule has 1 saturated heterocycles. The van der Waals surface area contributed by atoms with E-state index in [0.29, 0.717) is 25.9 Å². The van der Waals surface area contributed by atoms with Gasteiger partial charge >= 0.3 is 12.1 Å². The maximum atomic E-state index is 13.2. The molecule has 1 heterocycles. The lowest BCUT2D eigenvalue weighted by Crippen LogP contribution is -2.64. The number of hydrogen-bond donors (Lipinski definition) is 2. The number of fused-ring (bicyclic) bond motifs is 3. The molecule has 0 spiro atoms. The predicted octanol–water partition coefficient (Wildman–Crippen LogP) is 4.02. The van der Waals surface area contributed by atoms with Gasteiger partial charge in [-0.25, -0.2) is 4.79 Å². The number of carbonyl (C=O) groups is 3. The number of aliphatic carboxylic acids is 1. The summed E-state index contributed by atoms with van der Waals surface area (Å²) in [6, 6.07) is 16.3. The van der Waals surface area contributed by atoms with Gasteiger partial charge in [-0.15, -0.1) is 0 Å². The van der Waals surface area contributed by atoms with Crippen molar-refractivity contribution in [3.05, 3.63) is 59.7 Å². The van der Waals surface area contributed by atoms with Gasteiger partial charge in [0.15, 0.2) is 0 Å². The van der Waals surface area contributed by atoms with Gasteiger partial charge in [-0.05, 0) is 35.1 Å². The lowest BCUT2D eigenvalue weighted by atomic mass is 9.87. The second-order valence-corrected chi connectivity index (χ2v) is 8.91. The third kappa shape index (κ3) is 4.32. The van der Waals surface area contributed by atoms with Crippen LogP contribution in [0.25, 0.3) is 11.1 Å². The highest BCUT2D eigenvalue weighted by Gasteiger charge is 2.44. The average Bonchev–Trinajstić information content (AvgIpc) is 3.11. The summed E-state index contributed by atoms with van der Waals surface area (Å²) in [5.74, 6) is -1.13. The smallest absolute Gasteiger partial charge is 0.408 e. The van der Waals surface area contributed by atoms with Gasteiger partial charge in [0.25, 0.3) is 0 Å². The fourth-order valence-electron chi connectivity index (χ4n) is 5.03. The van der Waals surface area contributed by atoms with Crippen LogP contribution in [0, 0.1) is 5.92 Å². The molecule has 174 valence electrons. The van der Waals surface area contributed by atoms with Crippen LogP contribution < -0.4 is 5.32 Å². The summed E-state index contributed by atoms with van der Waals surface area (Å²) in [6.07, 6.45) is 0.283. The van der Waals surface area contributed by atoms with Gasteiger partial charge in [0.2, 0.25) is 5.91 Å². The molecule has 2 aliphatic rings. The highest BCUT2D eigenvalue weighted by atomic mass is 16.5. The molecule has 0 atom stereocenters. The molecule has 1 aliphatic carbocycles. The lowest BCUT2D eigenvalue weighted by Gasteiger charge is -2.44. The van der Waals surface area contributed by atoms with Crippen molar-refractivity contribution in [2.24, 2.45) is 5.92 Å². The van der Waals surface area contributed by atoms with Gasteiger partial charge in [0.1, 0.15) is 12.1 Å². The normalized spacial score (nSPS) is 15.4. The summed E-state index contributed by atoms with van der Waals surface area (Å²) in [7, 11) is 0. The van der Waals surface area contributed by atoms with Crippen molar-refractivity contribution in [1.29, 1.82) is 0 Å². The summed E-state index contributed by atoms with van der Waals surface area (Å²) in [4.78, 5) is 38.5. The van der Waals surface area contributed by atoms with Crippen molar-refractivity contribution in [2.75, 3.05) is 19.7 Å². The van der Waals surface area contributed by atoms with Gasteiger partial charge in [0, 0.05) is 24.9 Å². The SMILES string of the molecule is CCC(CC)(NC(=O)OCC1c2ccccc2-c2ccccc21)C(=O)N1CC(CC(=O)O)C1. The quantitative estimate of drug-likeness (QED) is 0.633. The van der Waals surface area contributed by atoms with E-state index in [1.165, 1.54) is 0 Å². The maximum absolute atomic E-state index is 13.2. The summed E-state index contributed by atoms with van der Waals surface area (Å²) in [5.41, 5.74) is 3.51. The molecule has 2 aromatic carbocycles. The molecule has 4 rings (SSSR count). The van der Waals surface area contributed by atoms with Crippen molar-refractivity contribution < 1.29 is 24.2 Å². The summed E-state index contributed by atoms with van der Waals surface area (Å²) in [6.45, 7) is 4.71. The van der Waals surface area contributed by atoms with E-state index in [1.807, 2.05) is 38.1 Å². The van der Waals surface area contributed by atoms with Crippen LogP contribution in [0.2, 0.25) is 0 Å². The molecule has 0 saturated carbocycles. The fourth-order valence-corrected chi connectivity index (χ4v) is 5.03. The average molecular weight is 451 g/mol. The minimum absolute atomic E-state index is 0.0349. The molecule has 2 aromatic rings. The van der Waals surface area contributed by atoms with Gasteiger partial charge in [-0.1, -0.05) is 62.4 Å². The van der Waals surface area contributed by atoms with Crippen LogP contribution >= 0.6 is 0 Å². The summed E-state index contributed by atoms with van der Waals surface area (Å²) < 4.78 is 5.66. The zero-order chi connectivity index (χ0) is 23.6. The Labute approximate surface area is 193 Å². The Bertz CT molecular complexity index is 1010. The van der Waals surface area contributed by atoms with Crippen LogP contribution in [-0.4, -0.2) is 53.2 Å². The van der Waals surface area contributed by atoms with E-state index in [0.717, 1.165) is 22.3 Å². The van der Waals surface area contributed by atoms with E-state index in [-0.39, 0.29) is 30.8 Å². The van der Waals surface area contributed by atoms with Crippen LogP contribution in [0.4, 0.5) is 4.79 Å². The molecule has 7 nitrogen and oxygen atoms in total. The van der Waals surface area contributed by atoms with Gasteiger partial charge < -0.3 is 20.1 Å². The van der Waals surface area contributed by atoms with Crippen molar-refractivity contribution >= 4 is 18.0 Å². The van der Waals surface area contributed by atoms with Crippen LogP contribution in [-0.2, 0) is 14.3 Å². The van der Waals surface area contributed by atoms with Crippen molar-refractivity contribution in [2.45, 2.75) is 44.6 Å². The topological polar surface area (TPSA) is 95.9 Å². The Kier molecular flexibility index (Phi) is 6.40. The molecule has 2 amide bonds. The number of carboxylic acids is 1. The van der Waals surface area contributed by atoms with Gasteiger partial charge in [-0.3, -0.25) is 9.59 Å². The Morgan fingerprint density at radius 3 is 2.06 bits per heavy atom. The lowest BCUT2D eigenvalue weighted by molar-refractivity contribution is -0.149. The first-order chi connectivity index (χ1) is 15.9. The van der Waals surface area contributed by atoms with Gasteiger partial charge in [-0.2, -0.15) is 0 Å². The summed E-state index contributed by atoms with van der Waals surface area (Å²) in [5, 5.41) is 11.8. The minimum atomic E-state index is -1.06. The number of benzene rings is 2. The molecule has 1 aliphatic heterocycles. The monoisotopic (exact) mass is 450 g/mol. The Hall–Kier alpha value is -3.35. The largest absolute Gasteiger partial charge is 0.481 e. The zero-order valence-corrected chi connectivity index (χ0v) is 19.0. The molecule has 1 fully saturated rings. The Morgan fingerprint density at radius 1 is 1.00 bits per heavy atom. The number of rotatable bonds is 8. The third-order valence-corrected chi connectivity index (χ3v) is 7.01. The van der Waals surface area contributed by atoms with E-state index in [2.05, 4.69) is 29.6 Å². The number of alkyl carbamates (subject to hydrolysis) is 1. The second-order valence-electron chi connectivity index (χ2n) is 8.91.